The van der Waals surface area contributed by atoms with Crippen LogP contribution in [0.4, 0.5) is 0 Å². The molecule has 5 heteroatoms. The lowest BCUT2D eigenvalue weighted by Crippen LogP contribution is -2.50. The molecular weight excluding hydrogens is 308 g/mol. The molecule has 1 saturated carbocycles. The van der Waals surface area contributed by atoms with Crippen LogP contribution in [-0.2, 0) is 23.9 Å². The summed E-state index contributed by atoms with van der Waals surface area (Å²) in [5.74, 6) is -1.39. The molecule has 0 aromatic carbocycles. The first-order valence-electron chi connectivity index (χ1n) is 8.81. The Bertz CT molecular complexity index is 607. The molecule has 24 heavy (non-hydrogen) atoms. The summed E-state index contributed by atoms with van der Waals surface area (Å²) in [7, 11) is 0. The summed E-state index contributed by atoms with van der Waals surface area (Å²) < 4.78 is 11.4. The number of allylic oxidation sites excluding steroid dienone is 2. The number of hydrogen-bond acceptors (Lipinski definition) is 5. The van der Waals surface area contributed by atoms with E-state index in [2.05, 4.69) is 6.92 Å². The van der Waals surface area contributed by atoms with Crippen LogP contribution in [0.15, 0.2) is 12.2 Å². The van der Waals surface area contributed by atoms with Gasteiger partial charge in [0.2, 0.25) is 0 Å². The van der Waals surface area contributed by atoms with Crippen molar-refractivity contribution in [2.45, 2.75) is 53.2 Å². The molecule has 1 saturated heterocycles. The molecule has 1 heterocycles. The van der Waals surface area contributed by atoms with Gasteiger partial charge in [-0.25, -0.2) is 0 Å². The number of ether oxygens (including phenoxy) is 2. The third-order valence-corrected chi connectivity index (χ3v) is 6.20. The van der Waals surface area contributed by atoms with E-state index >= 15 is 0 Å². The molecule has 0 amide bonds. The van der Waals surface area contributed by atoms with Crippen molar-refractivity contribution in [1.29, 1.82) is 0 Å². The van der Waals surface area contributed by atoms with E-state index in [9.17, 15) is 14.4 Å². The Morgan fingerprint density at radius 1 is 1.33 bits per heavy atom. The highest BCUT2D eigenvalue weighted by Gasteiger charge is 2.62. The molecule has 3 rings (SSSR count). The number of ketones is 1. The molecule has 0 bridgehead atoms. The van der Waals surface area contributed by atoms with Gasteiger partial charge in [-0.1, -0.05) is 33.8 Å². The minimum atomic E-state index is -0.828. The molecule has 1 aliphatic heterocycles. The zero-order valence-corrected chi connectivity index (χ0v) is 14.9. The fourth-order valence-corrected chi connectivity index (χ4v) is 4.70. The van der Waals surface area contributed by atoms with Gasteiger partial charge in [0.25, 0.3) is 0 Å². The minimum Gasteiger partial charge on any atom is -0.462 e. The molecule has 7 atom stereocenters. The smallest absolute Gasteiger partial charge is 0.309 e. The molecule has 0 radical (unpaired) electrons. The van der Waals surface area contributed by atoms with Crippen molar-refractivity contribution in [1.82, 2.24) is 0 Å². The van der Waals surface area contributed by atoms with Gasteiger partial charge in [0.05, 0.1) is 17.3 Å². The van der Waals surface area contributed by atoms with E-state index in [1.54, 1.807) is 19.9 Å². The minimum absolute atomic E-state index is 0.00790. The standard InChI is InChI=1S/C19H26O5/c1-9(2)17(21)24-16-15-11(4)18(22)23-13(15)8-10(3)12-6-7-14(20)19(12,16)5/h6-7,9-13,15-16H,8H2,1-5H3/t10-,11+,12+,13?,15?,16?,19+/m1/s1. The van der Waals surface area contributed by atoms with E-state index in [0.29, 0.717) is 6.42 Å². The number of hydrogen-bond donors (Lipinski definition) is 0. The van der Waals surface area contributed by atoms with Crippen molar-refractivity contribution in [2.24, 2.45) is 35.0 Å². The van der Waals surface area contributed by atoms with E-state index in [1.807, 2.05) is 19.9 Å². The molecule has 2 fully saturated rings. The maximum Gasteiger partial charge on any atom is 0.309 e. The highest BCUT2D eigenvalue weighted by Crippen LogP contribution is 2.54. The summed E-state index contributed by atoms with van der Waals surface area (Å²) in [5, 5.41) is 0. The molecule has 3 unspecified atom stereocenters. The van der Waals surface area contributed by atoms with Gasteiger partial charge in [-0.3, -0.25) is 14.4 Å². The third-order valence-electron chi connectivity index (χ3n) is 6.20. The zero-order valence-electron chi connectivity index (χ0n) is 14.9. The topological polar surface area (TPSA) is 69.7 Å². The fourth-order valence-electron chi connectivity index (χ4n) is 4.70. The molecule has 0 aromatic rings. The summed E-state index contributed by atoms with van der Waals surface area (Å²) in [6, 6.07) is 0. The summed E-state index contributed by atoms with van der Waals surface area (Å²) in [6.45, 7) is 9.31. The molecule has 2 aliphatic carbocycles. The van der Waals surface area contributed by atoms with E-state index in [-0.39, 0.29) is 53.4 Å². The number of fused-ring (bicyclic) bond motifs is 2. The molecular formula is C19H26O5. The van der Waals surface area contributed by atoms with Crippen LogP contribution in [0.3, 0.4) is 0 Å². The van der Waals surface area contributed by atoms with Crippen LogP contribution >= 0.6 is 0 Å². The Morgan fingerprint density at radius 2 is 2.00 bits per heavy atom. The lowest BCUT2D eigenvalue weighted by Gasteiger charge is -2.40. The average molecular weight is 334 g/mol. The van der Waals surface area contributed by atoms with Crippen molar-refractivity contribution in [3.05, 3.63) is 12.2 Å². The van der Waals surface area contributed by atoms with Crippen molar-refractivity contribution >= 4 is 17.7 Å². The summed E-state index contributed by atoms with van der Waals surface area (Å²) in [5.41, 5.74) is -0.828. The largest absolute Gasteiger partial charge is 0.462 e. The van der Waals surface area contributed by atoms with Gasteiger partial charge < -0.3 is 9.47 Å². The second-order valence-corrected chi connectivity index (χ2v) is 8.10. The lowest BCUT2D eigenvalue weighted by molar-refractivity contribution is -0.170. The Labute approximate surface area is 142 Å². The van der Waals surface area contributed by atoms with Gasteiger partial charge in [0.15, 0.2) is 5.78 Å². The van der Waals surface area contributed by atoms with Gasteiger partial charge in [0.1, 0.15) is 12.2 Å². The van der Waals surface area contributed by atoms with Crippen LogP contribution in [-0.4, -0.2) is 29.9 Å². The first kappa shape index (κ1) is 17.2. The van der Waals surface area contributed by atoms with Crippen LogP contribution in [0.1, 0.15) is 41.0 Å². The number of carbonyl (C=O) groups is 3. The first-order valence-corrected chi connectivity index (χ1v) is 8.81. The molecule has 132 valence electrons. The molecule has 0 aromatic heterocycles. The summed E-state index contributed by atoms with van der Waals surface area (Å²) in [6.07, 6.45) is 3.30. The Kier molecular flexibility index (Phi) is 4.09. The van der Waals surface area contributed by atoms with Gasteiger partial charge in [-0.2, -0.15) is 0 Å². The van der Waals surface area contributed by atoms with Gasteiger partial charge in [-0.05, 0) is 31.3 Å². The molecule has 5 nitrogen and oxygen atoms in total. The normalized spacial score (nSPS) is 44.1. The Hall–Kier alpha value is -1.65. The second-order valence-electron chi connectivity index (χ2n) is 8.10. The predicted molar refractivity (Wildman–Crippen MR) is 86.8 cm³/mol. The maximum absolute atomic E-state index is 12.8. The maximum atomic E-state index is 12.8. The van der Waals surface area contributed by atoms with E-state index in [0.717, 1.165) is 0 Å². The fraction of sp³-hybridized carbons (Fsp3) is 0.737. The molecule has 0 spiro atoms. The monoisotopic (exact) mass is 334 g/mol. The van der Waals surface area contributed by atoms with Crippen molar-refractivity contribution < 1.29 is 23.9 Å². The summed E-state index contributed by atoms with van der Waals surface area (Å²) >= 11 is 0. The van der Waals surface area contributed by atoms with Crippen LogP contribution in [0.5, 0.6) is 0 Å². The van der Waals surface area contributed by atoms with Gasteiger partial charge in [0, 0.05) is 5.92 Å². The van der Waals surface area contributed by atoms with Gasteiger partial charge in [-0.15, -0.1) is 0 Å². The van der Waals surface area contributed by atoms with Crippen LogP contribution in [0.25, 0.3) is 0 Å². The number of esters is 2. The Balaban J connectivity index is 2.07. The SMILES string of the molecule is CC(C)C(=O)OC1C2C(C[C@@H](C)[C@@H]3C=CC(=O)[C@@]13C)OC(=O)[C@H]2C. The van der Waals surface area contributed by atoms with Gasteiger partial charge >= 0.3 is 11.9 Å². The molecule has 3 aliphatic rings. The van der Waals surface area contributed by atoms with E-state index in [1.165, 1.54) is 0 Å². The quantitative estimate of drug-likeness (QED) is 0.726. The van der Waals surface area contributed by atoms with Crippen molar-refractivity contribution in [2.75, 3.05) is 0 Å². The van der Waals surface area contributed by atoms with Crippen LogP contribution in [0.2, 0.25) is 0 Å². The predicted octanol–water partition coefficient (Wildman–Crippen LogP) is 2.53. The zero-order chi connectivity index (χ0) is 17.8. The number of carbonyl (C=O) groups excluding carboxylic acids is 3. The second kappa shape index (κ2) is 5.71. The third kappa shape index (κ3) is 2.32. The van der Waals surface area contributed by atoms with Crippen molar-refractivity contribution in [3.63, 3.8) is 0 Å². The van der Waals surface area contributed by atoms with E-state index in [4.69, 9.17) is 9.47 Å². The van der Waals surface area contributed by atoms with Crippen molar-refractivity contribution in [3.8, 4) is 0 Å². The lowest BCUT2D eigenvalue weighted by atomic mass is 9.66. The highest BCUT2D eigenvalue weighted by molar-refractivity contribution is 5.98. The Morgan fingerprint density at radius 3 is 2.62 bits per heavy atom. The average Bonchev–Trinajstić information content (AvgIpc) is 2.92. The first-order chi connectivity index (χ1) is 11.2. The summed E-state index contributed by atoms with van der Waals surface area (Å²) in [4.78, 5) is 37.2. The number of rotatable bonds is 2. The van der Waals surface area contributed by atoms with E-state index < -0.39 is 11.5 Å². The van der Waals surface area contributed by atoms with Crippen LogP contribution in [0, 0.1) is 35.0 Å². The van der Waals surface area contributed by atoms with Crippen LogP contribution < -0.4 is 0 Å². The molecule has 0 N–H and O–H groups in total. The highest BCUT2D eigenvalue weighted by atomic mass is 16.6.